The molecule has 5 nitrogen and oxygen atoms in total. The highest BCUT2D eigenvalue weighted by molar-refractivity contribution is 5.98. The Morgan fingerprint density at radius 2 is 2.14 bits per heavy atom. The maximum atomic E-state index is 12.2. The van der Waals surface area contributed by atoms with Crippen molar-refractivity contribution < 1.29 is 22.7 Å². The van der Waals surface area contributed by atoms with Gasteiger partial charge in [-0.1, -0.05) is 17.3 Å². The molecule has 21 heavy (non-hydrogen) atoms. The zero-order chi connectivity index (χ0) is 15.5. The van der Waals surface area contributed by atoms with E-state index in [1.807, 2.05) is 25.1 Å². The first kappa shape index (κ1) is 15.0. The van der Waals surface area contributed by atoms with Gasteiger partial charge in [0.1, 0.15) is 12.4 Å². The number of benzene rings is 1. The van der Waals surface area contributed by atoms with Crippen molar-refractivity contribution in [2.24, 2.45) is 0 Å². The molecule has 0 aliphatic rings. The molecule has 0 saturated carbocycles. The van der Waals surface area contributed by atoms with E-state index in [-0.39, 0.29) is 13.2 Å². The number of hydrogen-bond acceptors (Lipinski definition) is 4. The minimum absolute atomic E-state index is 0.187. The molecule has 0 aliphatic carbocycles. The zero-order valence-corrected chi connectivity index (χ0v) is 11.1. The van der Waals surface area contributed by atoms with E-state index in [1.54, 1.807) is 6.07 Å². The van der Waals surface area contributed by atoms with Gasteiger partial charge in [0.25, 0.3) is 5.78 Å². The molecule has 0 amide bonds. The van der Waals surface area contributed by atoms with Crippen LogP contribution in [0.4, 0.5) is 13.2 Å². The van der Waals surface area contributed by atoms with Gasteiger partial charge in [0.2, 0.25) is 0 Å². The molecule has 1 heterocycles. The van der Waals surface area contributed by atoms with Gasteiger partial charge in [-0.3, -0.25) is 4.79 Å². The fraction of sp³-hybridized carbons (Fsp3) is 0.308. The third-order valence-electron chi connectivity index (χ3n) is 2.61. The van der Waals surface area contributed by atoms with E-state index >= 15 is 0 Å². The lowest BCUT2D eigenvalue weighted by Crippen LogP contribution is -2.23. The summed E-state index contributed by atoms with van der Waals surface area (Å²) in [5.41, 5.74) is 0.310. The highest BCUT2D eigenvalue weighted by Gasteiger charge is 2.41. The summed E-state index contributed by atoms with van der Waals surface area (Å²) in [6.45, 7) is 2.30. The van der Waals surface area contributed by atoms with Gasteiger partial charge in [0.05, 0.1) is 12.7 Å². The Morgan fingerprint density at radius 1 is 1.38 bits per heavy atom. The van der Waals surface area contributed by atoms with Gasteiger partial charge >= 0.3 is 6.18 Å². The number of alkyl halides is 3. The van der Waals surface area contributed by atoms with Crippen molar-refractivity contribution in [1.29, 1.82) is 0 Å². The van der Waals surface area contributed by atoms with E-state index in [1.165, 1.54) is 0 Å². The molecular formula is C13H12F3N3O2. The van der Waals surface area contributed by atoms with E-state index in [0.29, 0.717) is 5.75 Å². The van der Waals surface area contributed by atoms with Crippen LogP contribution in [0.15, 0.2) is 30.5 Å². The third kappa shape index (κ3) is 4.04. The Kier molecular flexibility index (Phi) is 4.25. The minimum Gasteiger partial charge on any atom is -0.492 e. The average molecular weight is 299 g/mol. The van der Waals surface area contributed by atoms with Crippen LogP contribution < -0.4 is 4.74 Å². The molecule has 1 aromatic heterocycles. The number of halogens is 3. The Labute approximate surface area is 118 Å². The molecule has 0 bridgehead atoms. The number of carbonyl (C=O) groups is 1. The molecule has 0 atom stereocenters. The molecule has 0 fully saturated rings. The number of ketones is 1. The summed E-state index contributed by atoms with van der Waals surface area (Å²) in [5.74, 6) is -1.35. The van der Waals surface area contributed by atoms with Gasteiger partial charge in [-0.15, -0.1) is 5.10 Å². The third-order valence-corrected chi connectivity index (χ3v) is 2.61. The highest BCUT2D eigenvalue weighted by Crippen LogP contribution is 2.19. The zero-order valence-electron chi connectivity index (χ0n) is 11.1. The minimum atomic E-state index is -4.95. The number of carbonyl (C=O) groups excluding carboxylic acids is 1. The smallest absolute Gasteiger partial charge is 0.456 e. The second-order valence-corrected chi connectivity index (χ2v) is 4.36. The first-order valence-corrected chi connectivity index (χ1v) is 6.07. The maximum absolute atomic E-state index is 12.2. The lowest BCUT2D eigenvalue weighted by atomic mass is 10.2. The van der Waals surface area contributed by atoms with Crippen molar-refractivity contribution in [3.63, 3.8) is 0 Å². The number of Topliss-reactive ketones (excluding diaryl/α,β-unsaturated/α-hetero) is 1. The molecule has 0 radical (unpaired) electrons. The van der Waals surface area contributed by atoms with Crippen molar-refractivity contribution in [3.8, 4) is 5.75 Å². The van der Waals surface area contributed by atoms with Crippen molar-refractivity contribution >= 4 is 5.78 Å². The summed E-state index contributed by atoms with van der Waals surface area (Å²) in [7, 11) is 0. The van der Waals surface area contributed by atoms with Crippen LogP contribution in [0.2, 0.25) is 0 Å². The number of hydrogen-bond donors (Lipinski definition) is 0. The van der Waals surface area contributed by atoms with Crippen LogP contribution in [0.3, 0.4) is 0 Å². The summed E-state index contributed by atoms with van der Waals surface area (Å²) in [4.78, 5) is 10.9. The van der Waals surface area contributed by atoms with E-state index in [0.717, 1.165) is 16.4 Å². The number of ether oxygens (including phenoxy) is 1. The number of nitrogens with zero attached hydrogens (tertiary/aromatic N) is 3. The Bertz CT molecular complexity index is 638. The Hall–Kier alpha value is -2.38. The monoisotopic (exact) mass is 299 g/mol. The topological polar surface area (TPSA) is 57.0 Å². The molecule has 0 saturated heterocycles. The van der Waals surface area contributed by atoms with Crippen LogP contribution in [0.25, 0.3) is 0 Å². The van der Waals surface area contributed by atoms with Crippen molar-refractivity contribution in [3.05, 3.63) is 41.7 Å². The largest absolute Gasteiger partial charge is 0.492 e. The maximum Gasteiger partial charge on any atom is 0.456 e. The lowest BCUT2D eigenvalue weighted by Gasteiger charge is -2.06. The van der Waals surface area contributed by atoms with E-state index < -0.39 is 17.7 Å². The molecular weight excluding hydrogens is 287 g/mol. The first-order valence-electron chi connectivity index (χ1n) is 6.07. The highest BCUT2D eigenvalue weighted by atomic mass is 19.4. The molecule has 1 aromatic carbocycles. The van der Waals surface area contributed by atoms with Gasteiger partial charge in [-0.25, -0.2) is 4.68 Å². The summed E-state index contributed by atoms with van der Waals surface area (Å²) >= 11 is 0. The molecule has 8 heteroatoms. The Balaban J connectivity index is 1.90. The SMILES string of the molecule is Cc1cccc(OCCn2cc(C(=O)C(F)(F)F)nn2)c1. The summed E-state index contributed by atoms with van der Waals surface area (Å²) < 4.78 is 43.2. The van der Waals surface area contributed by atoms with E-state index in [2.05, 4.69) is 10.3 Å². The number of rotatable bonds is 5. The van der Waals surface area contributed by atoms with Crippen molar-refractivity contribution in [2.45, 2.75) is 19.6 Å². The van der Waals surface area contributed by atoms with Gasteiger partial charge in [-0.05, 0) is 24.6 Å². The summed E-state index contributed by atoms with van der Waals surface area (Å²) in [5, 5.41) is 6.68. The molecule has 2 aromatic rings. The van der Waals surface area contributed by atoms with Crippen molar-refractivity contribution in [1.82, 2.24) is 15.0 Å². The number of aryl methyl sites for hydroxylation is 1. The van der Waals surface area contributed by atoms with Crippen LogP contribution in [0.1, 0.15) is 16.1 Å². The van der Waals surface area contributed by atoms with Crippen LogP contribution in [-0.2, 0) is 6.54 Å². The molecule has 0 N–H and O–H groups in total. The van der Waals surface area contributed by atoms with Crippen LogP contribution in [-0.4, -0.2) is 33.6 Å². The Morgan fingerprint density at radius 3 is 2.81 bits per heavy atom. The standard InChI is InChI=1S/C13H12F3N3O2/c1-9-3-2-4-10(7-9)21-6-5-19-8-11(17-18-19)12(20)13(14,15)16/h2-4,7-8H,5-6H2,1H3. The van der Waals surface area contributed by atoms with Crippen LogP contribution in [0, 0.1) is 6.92 Å². The molecule has 112 valence electrons. The lowest BCUT2D eigenvalue weighted by molar-refractivity contribution is -0.0888. The van der Waals surface area contributed by atoms with Crippen LogP contribution in [0.5, 0.6) is 5.75 Å². The fourth-order valence-electron chi connectivity index (χ4n) is 1.62. The predicted molar refractivity (Wildman–Crippen MR) is 67.1 cm³/mol. The van der Waals surface area contributed by atoms with Gasteiger partial charge in [-0.2, -0.15) is 13.2 Å². The second kappa shape index (κ2) is 5.94. The van der Waals surface area contributed by atoms with Crippen LogP contribution >= 0.6 is 0 Å². The van der Waals surface area contributed by atoms with E-state index in [4.69, 9.17) is 4.74 Å². The summed E-state index contributed by atoms with van der Waals surface area (Å²) in [6.07, 6.45) is -3.99. The quantitative estimate of drug-likeness (QED) is 0.796. The van der Waals surface area contributed by atoms with Crippen molar-refractivity contribution in [2.75, 3.05) is 6.61 Å². The molecule has 0 spiro atoms. The van der Waals surface area contributed by atoms with E-state index in [9.17, 15) is 18.0 Å². The molecule has 0 aliphatic heterocycles. The molecule has 0 unspecified atom stereocenters. The predicted octanol–water partition coefficient (Wildman–Crippen LogP) is 2.41. The normalized spacial score (nSPS) is 11.4. The van der Waals surface area contributed by atoms with Gasteiger partial charge in [0, 0.05) is 0 Å². The number of aromatic nitrogens is 3. The summed E-state index contributed by atoms with van der Waals surface area (Å²) in [6, 6.07) is 7.35. The molecule has 2 rings (SSSR count). The second-order valence-electron chi connectivity index (χ2n) is 4.36. The average Bonchev–Trinajstić information content (AvgIpc) is 2.85. The first-order chi connectivity index (χ1) is 9.86. The van der Waals surface area contributed by atoms with Gasteiger partial charge in [0.15, 0.2) is 5.69 Å². The fourth-order valence-corrected chi connectivity index (χ4v) is 1.62. The van der Waals surface area contributed by atoms with Gasteiger partial charge < -0.3 is 4.74 Å².